The second-order valence-electron chi connectivity index (χ2n) is 5.19. The van der Waals surface area contributed by atoms with E-state index in [4.69, 9.17) is 5.73 Å². The molecule has 0 amide bonds. The number of nitrogen functional groups attached to an aromatic ring is 1. The molecular formula is C15H19N5O. The summed E-state index contributed by atoms with van der Waals surface area (Å²) in [6.45, 7) is 3.87. The summed E-state index contributed by atoms with van der Waals surface area (Å²) in [5.41, 5.74) is 9.54. The Labute approximate surface area is 123 Å². The van der Waals surface area contributed by atoms with Gasteiger partial charge in [-0.3, -0.25) is 4.79 Å². The van der Waals surface area contributed by atoms with Crippen molar-refractivity contribution in [1.29, 1.82) is 0 Å². The molecule has 110 valence electrons. The first-order valence-corrected chi connectivity index (χ1v) is 7.05. The average molecular weight is 285 g/mol. The van der Waals surface area contributed by atoms with E-state index in [1.54, 1.807) is 13.1 Å². The molecule has 0 aliphatic carbocycles. The third-order valence-corrected chi connectivity index (χ3v) is 3.74. The molecule has 6 nitrogen and oxygen atoms in total. The largest absolute Gasteiger partial charge is 0.397 e. The predicted molar refractivity (Wildman–Crippen MR) is 84.4 cm³/mol. The van der Waals surface area contributed by atoms with Crippen LogP contribution in [0.2, 0.25) is 0 Å². The van der Waals surface area contributed by atoms with Crippen molar-refractivity contribution >= 4 is 11.4 Å². The first-order chi connectivity index (χ1) is 10.1. The van der Waals surface area contributed by atoms with Crippen LogP contribution in [0.5, 0.6) is 0 Å². The van der Waals surface area contributed by atoms with Crippen molar-refractivity contribution in [3.05, 3.63) is 40.7 Å². The normalized spacial score (nSPS) is 15.2. The van der Waals surface area contributed by atoms with Gasteiger partial charge in [0, 0.05) is 44.9 Å². The number of nitrogens with zero attached hydrogens (tertiary/aromatic N) is 3. The summed E-state index contributed by atoms with van der Waals surface area (Å²) in [5.74, 6) is 0. The topological polar surface area (TPSA) is 76.2 Å². The summed E-state index contributed by atoms with van der Waals surface area (Å²) in [7, 11) is 1.64. The number of anilines is 2. The predicted octanol–water partition coefficient (Wildman–Crippen LogP) is 0.439. The molecule has 0 unspecified atom stereocenters. The molecule has 0 saturated carbocycles. The molecule has 1 saturated heterocycles. The number of rotatable bonds is 2. The molecule has 0 radical (unpaired) electrons. The van der Waals surface area contributed by atoms with Crippen LogP contribution in [-0.4, -0.2) is 36.0 Å². The maximum atomic E-state index is 11.4. The van der Waals surface area contributed by atoms with Crippen LogP contribution in [0.15, 0.2) is 35.1 Å². The Bertz CT molecular complexity index is 703. The third kappa shape index (κ3) is 2.75. The first kappa shape index (κ1) is 13.6. The van der Waals surface area contributed by atoms with Crippen LogP contribution in [0.1, 0.15) is 0 Å². The van der Waals surface area contributed by atoms with Crippen LogP contribution >= 0.6 is 0 Å². The SMILES string of the molecule is Cn1nc(-c2ccc(N3CCNCC3)c(N)c2)ccc1=O. The van der Waals surface area contributed by atoms with Crippen LogP contribution in [0, 0.1) is 0 Å². The molecular weight excluding hydrogens is 266 g/mol. The zero-order chi connectivity index (χ0) is 14.8. The molecule has 1 fully saturated rings. The van der Waals surface area contributed by atoms with Crippen LogP contribution in [0.25, 0.3) is 11.3 Å². The number of piperazine rings is 1. The van der Waals surface area contributed by atoms with Crippen molar-refractivity contribution in [3.8, 4) is 11.3 Å². The molecule has 0 bridgehead atoms. The summed E-state index contributed by atoms with van der Waals surface area (Å²) in [5, 5.41) is 7.58. The van der Waals surface area contributed by atoms with Gasteiger partial charge in [0.05, 0.1) is 17.1 Å². The summed E-state index contributed by atoms with van der Waals surface area (Å²) in [6, 6.07) is 9.19. The van der Waals surface area contributed by atoms with Gasteiger partial charge in [-0.1, -0.05) is 6.07 Å². The number of aromatic nitrogens is 2. The van der Waals surface area contributed by atoms with Crippen LogP contribution in [0.4, 0.5) is 11.4 Å². The van der Waals surface area contributed by atoms with Crippen molar-refractivity contribution in [3.63, 3.8) is 0 Å². The van der Waals surface area contributed by atoms with Crippen molar-refractivity contribution in [1.82, 2.24) is 15.1 Å². The Hall–Kier alpha value is -2.34. The lowest BCUT2D eigenvalue weighted by molar-refractivity contribution is 0.590. The molecule has 3 N–H and O–H groups in total. The molecule has 21 heavy (non-hydrogen) atoms. The Morgan fingerprint density at radius 3 is 2.62 bits per heavy atom. The number of aryl methyl sites for hydroxylation is 1. The molecule has 2 aromatic rings. The monoisotopic (exact) mass is 285 g/mol. The summed E-state index contributed by atoms with van der Waals surface area (Å²) < 4.78 is 1.33. The fraction of sp³-hybridized carbons (Fsp3) is 0.333. The Morgan fingerprint density at radius 2 is 1.95 bits per heavy atom. The quantitative estimate of drug-likeness (QED) is 0.783. The van der Waals surface area contributed by atoms with Crippen molar-refractivity contribution in [2.24, 2.45) is 7.05 Å². The molecule has 1 aromatic heterocycles. The summed E-state index contributed by atoms with van der Waals surface area (Å²) in [6.07, 6.45) is 0. The molecule has 6 heteroatoms. The van der Waals surface area contributed by atoms with Gasteiger partial charge in [-0.05, 0) is 18.2 Å². The highest BCUT2D eigenvalue weighted by molar-refractivity contribution is 5.75. The van der Waals surface area contributed by atoms with E-state index in [0.29, 0.717) is 0 Å². The molecule has 3 rings (SSSR count). The van der Waals surface area contributed by atoms with Gasteiger partial charge in [-0.2, -0.15) is 5.10 Å². The first-order valence-electron chi connectivity index (χ1n) is 7.05. The minimum absolute atomic E-state index is 0.121. The van der Waals surface area contributed by atoms with E-state index in [0.717, 1.165) is 48.8 Å². The maximum Gasteiger partial charge on any atom is 0.266 e. The molecule has 1 aromatic carbocycles. The van der Waals surface area contributed by atoms with Crippen molar-refractivity contribution in [2.45, 2.75) is 0 Å². The van der Waals surface area contributed by atoms with Crippen LogP contribution < -0.4 is 21.5 Å². The van der Waals surface area contributed by atoms with Crippen LogP contribution in [0.3, 0.4) is 0 Å². The minimum Gasteiger partial charge on any atom is -0.397 e. The molecule has 0 spiro atoms. The van der Waals surface area contributed by atoms with Gasteiger partial charge in [0.2, 0.25) is 0 Å². The van der Waals surface area contributed by atoms with Gasteiger partial charge >= 0.3 is 0 Å². The number of nitrogens with two attached hydrogens (primary N) is 1. The standard InChI is InChI=1S/C15H19N5O/c1-19-15(21)5-3-13(18-19)11-2-4-14(12(16)10-11)20-8-6-17-7-9-20/h2-5,10,17H,6-9,16H2,1H3. The number of nitrogens with one attached hydrogen (secondary N) is 1. The molecule has 0 atom stereocenters. The fourth-order valence-corrected chi connectivity index (χ4v) is 2.56. The van der Waals surface area contributed by atoms with Gasteiger partial charge in [-0.15, -0.1) is 0 Å². The molecule has 2 heterocycles. The lowest BCUT2D eigenvalue weighted by atomic mass is 10.1. The highest BCUT2D eigenvalue weighted by Gasteiger charge is 2.14. The van der Waals surface area contributed by atoms with E-state index in [1.165, 1.54) is 10.7 Å². The highest BCUT2D eigenvalue weighted by atomic mass is 16.1. The second kappa shape index (κ2) is 5.57. The number of hydrogen-bond donors (Lipinski definition) is 2. The van der Waals surface area contributed by atoms with Gasteiger partial charge in [0.1, 0.15) is 0 Å². The van der Waals surface area contributed by atoms with Gasteiger partial charge in [0.25, 0.3) is 5.56 Å². The lowest BCUT2D eigenvalue weighted by Gasteiger charge is -2.30. The summed E-state index contributed by atoms with van der Waals surface area (Å²) >= 11 is 0. The Balaban J connectivity index is 1.93. The van der Waals surface area contributed by atoms with Crippen molar-refractivity contribution in [2.75, 3.05) is 36.8 Å². The second-order valence-corrected chi connectivity index (χ2v) is 5.19. The highest BCUT2D eigenvalue weighted by Crippen LogP contribution is 2.28. The number of hydrogen-bond acceptors (Lipinski definition) is 5. The van der Waals surface area contributed by atoms with Gasteiger partial charge in [-0.25, -0.2) is 4.68 Å². The van der Waals surface area contributed by atoms with Gasteiger partial charge < -0.3 is 16.0 Å². The smallest absolute Gasteiger partial charge is 0.266 e. The fourth-order valence-electron chi connectivity index (χ4n) is 2.56. The van der Waals surface area contributed by atoms with Gasteiger partial charge in [0.15, 0.2) is 0 Å². The average Bonchev–Trinajstić information content (AvgIpc) is 2.51. The van der Waals surface area contributed by atoms with Crippen LogP contribution in [-0.2, 0) is 7.05 Å². The van der Waals surface area contributed by atoms with E-state index in [9.17, 15) is 4.79 Å². The third-order valence-electron chi connectivity index (χ3n) is 3.74. The van der Waals surface area contributed by atoms with E-state index < -0.39 is 0 Å². The lowest BCUT2D eigenvalue weighted by Crippen LogP contribution is -2.43. The zero-order valence-corrected chi connectivity index (χ0v) is 12.0. The number of benzene rings is 1. The van der Waals surface area contributed by atoms with E-state index in [1.807, 2.05) is 18.2 Å². The maximum absolute atomic E-state index is 11.4. The van der Waals surface area contributed by atoms with E-state index in [2.05, 4.69) is 15.3 Å². The molecule has 1 aliphatic rings. The Kier molecular flexibility index (Phi) is 3.62. The minimum atomic E-state index is -0.121. The van der Waals surface area contributed by atoms with E-state index >= 15 is 0 Å². The zero-order valence-electron chi connectivity index (χ0n) is 12.0. The van der Waals surface area contributed by atoms with Crippen molar-refractivity contribution < 1.29 is 0 Å². The Morgan fingerprint density at radius 1 is 1.19 bits per heavy atom. The van der Waals surface area contributed by atoms with E-state index in [-0.39, 0.29) is 5.56 Å². The molecule has 1 aliphatic heterocycles. The summed E-state index contributed by atoms with van der Waals surface area (Å²) in [4.78, 5) is 13.7.